The maximum Gasteiger partial charge on any atom is 0.344 e. The minimum Gasteiger partial charge on any atom is -0.479 e. The van der Waals surface area contributed by atoms with Crippen molar-refractivity contribution in [3.8, 4) is 5.75 Å². The van der Waals surface area contributed by atoms with Gasteiger partial charge in [0.05, 0.1) is 0 Å². The first-order valence-corrected chi connectivity index (χ1v) is 5.90. The lowest BCUT2D eigenvalue weighted by Crippen LogP contribution is -2.23. The zero-order valence-electron chi connectivity index (χ0n) is 9.53. The molecule has 3 nitrogen and oxygen atoms in total. The first kappa shape index (κ1) is 13.0. The van der Waals surface area contributed by atoms with Crippen molar-refractivity contribution in [3.63, 3.8) is 0 Å². The van der Waals surface area contributed by atoms with Crippen molar-refractivity contribution >= 4 is 21.9 Å². The van der Waals surface area contributed by atoms with Gasteiger partial charge in [0.1, 0.15) is 5.75 Å². The van der Waals surface area contributed by atoms with Crippen LogP contribution in [0.25, 0.3) is 0 Å². The fourth-order valence-corrected chi connectivity index (χ4v) is 1.70. The van der Waals surface area contributed by atoms with E-state index >= 15 is 0 Å². The summed E-state index contributed by atoms with van der Waals surface area (Å²) in [5.41, 5.74) is 1.00. The molecular formula is C12H15BrO3. The van der Waals surface area contributed by atoms with Gasteiger partial charge in [-0.2, -0.15) is 0 Å². The molecule has 16 heavy (non-hydrogen) atoms. The molecule has 1 rings (SSSR count). The summed E-state index contributed by atoms with van der Waals surface area (Å²) < 4.78 is 6.37. The highest BCUT2D eigenvalue weighted by atomic mass is 79.9. The van der Waals surface area contributed by atoms with Gasteiger partial charge in [0.15, 0.2) is 6.10 Å². The number of carbonyl (C=O) groups is 1. The van der Waals surface area contributed by atoms with E-state index in [9.17, 15) is 4.79 Å². The van der Waals surface area contributed by atoms with Gasteiger partial charge in [-0.3, -0.25) is 0 Å². The largest absolute Gasteiger partial charge is 0.479 e. The van der Waals surface area contributed by atoms with Gasteiger partial charge in [0.25, 0.3) is 0 Å². The zero-order chi connectivity index (χ0) is 12.3. The molecule has 0 amide bonds. The van der Waals surface area contributed by atoms with E-state index in [0.29, 0.717) is 5.75 Å². The van der Waals surface area contributed by atoms with Gasteiger partial charge in [0, 0.05) is 4.47 Å². The molecule has 0 aromatic heterocycles. The van der Waals surface area contributed by atoms with E-state index in [4.69, 9.17) is 9.84 Å². The second kappa shape index (κ2) is 5.34. The number of carboxylic acid groups (broad SMARTS) is 1. The Kier molecular flexibility index (Phi) is 4.35. The molecule has 0 aliphatic carbocycles. The van der Waals surface area contributed by atoms with Crippen molar-refractivity contribution in [2.75, 3.05) is 0 Å². The predicted octanol–water partition coefficient (Wildman–Crippen LogP) is 3.42. The molecule has 0 bridgehead atoms. The van der Waals surface area contributed by atoms with E-state index in [2.05, 4.69) is 15.9 Å². The lowest BCUT2D eigenvalue weighted by atomic mass is 10.0. The SMILES string of the molecule is CC(C)c1cc(Br)ccc1O[C@@H](C)C(=O)O. The van der Waals surface area contributed by atoms with Gasteiger partial charge in [-0.25, -0.2) is 4.79 Å². The molecule has 0 saturated heterocycles. The van der Waals surface area contributed by atoms with E-state index in [0.717, 1.165) is 10.0 Å². The summed E-state index contributed by atoms with van der Waals surface area (Å²) in [7, 11) is 0. The van der Waals surface area contributed by atoms with Crippen LogP contribution in [0.5, 0.6) is 5.75 Å². The smallest absolute Gasteiger partial charge is 0.344 e. The van der Waals surface area contributed by atoms with Crippen molar-refractivity contribution < 1.29 is 14.6 Å². The lowest BCUT2D eigenvalue weighted by molar-refractivity contribution is -0.144. The third kappa shape index (κ3) is 3.23. The van der Waals surface area contributed by atoms with Gasteiger partial charge in [-0.1, -0.05) is 29.8 Å². The Balaban J connectivity index is 2.99. The van der Waals surface area contributed by atoms with E-state index < -0.39 is 12.1 Å². The highest BCUT2D eigenvalue weighted by molar-refractivity contribution is 9.10. The third-order valence-corrected chi connectivity index (χ3v) is 2.74. The molecule has 0 fully saturated rings. The van der Waals surface area contributed by atoms with Gasteiger partial charge in [0.2, 0.25) is 0 Å². The average Bonchev–Trinajstić information content (AvgIpc) is 2.20. The van der Waals surface area contributed by atoms with Crippen molar-refractivity contribution in [1.29, 1.82) is 0 Å². The molecule has 4 heteroatoms. The Morgan fingerprint density at radius 3 is 2.50 bits per heavy atom. The van der Waals surface area contributed by atoms with Crippen LogP contribution in [0.3, 0.4) is 0 Å². The number of benzene rings is 1. The Bertz CT molecular complexity index is 388. The second-order valence-corrected chi connectivity index (χ2v) is 4.85. The first-order valence-electron chi connectivity index (χ1n) is 5.10. The maximum absolute atomic E-state index is 10.7. The molecule has 0 unspecified atom stereocenters. The quantitative estimate of drug-likeness (QED) is 0.923. The van der Waals surface area contributed by atoms with Crippen LogP contribution in [0, 0.1) is 0 Å². The van der Waals surface area contributed by atoms with Crippen molar-refractivity contribution in [3.05, 3.63) is 28.2 Å². The van der Waals surface area contributed by atoms with Crippen LogP contribution in [0.1, 0.15) is 32.3 Å². The highest BCUT2D eigenvalue weighted by Crippen LogP contribution is 2.30. The summed E-state index contributed by atoms with van der Waals surface area (Å²) in [5, 5.41) is 8.79. The fraction of sp³-hybridized carbons (Fsp3) is 0.417. The van der Waals surface area contributed by atoms with Crippen LogP contribution in [0.2, 0.25) is 0 Å². The Morgan fingerprint density at radius 1 is 1.38 bits per heavy atom. The number of rotatable bonds is 4. The summed E-state index contributed by atoms with van der Waals surface area (Å²) in [4.78, 5) is 10.7. The Hall–Kier alpha value is -1.03. The number of ether oxygens (including phenoxy) is 1. The van der Waals surface area contributed by atoms with Crippen molar-refractivity contribution in [1.82, 2.24) is 0 Å². The molecule has 1 N–H and O–H groups in total. The highest BCUT2D eigenvalue weighted by Gasteiger charge is 2.16. The molecule has 0 aliphatic heterocycles. The maximum atomic E-state index is 10.7. The average molecular weight is 287 g/mol. The van der Waals surface area contributed by atoms with E-state index in [1.807, 2.05) is 26.0 Å². The van der Waals surface area contributed by atoms with E-state index in [-0.39, 0.29) is 5.92 Å². The van der Waals surface area contributed by atoms with Gasteiger partial charge in [-0.05, 0) is 36.6 Å². The number of hydrogen-bond acceptors (Lipinski definition) is 2. The van der Waals surface area contributed by atoms with Gasteiger partial charge >= 0.3 is 5.97 Å². The number of hydrogen-bond donors (Lipinski definition) is 1. The first-order chi connectivity index (χ1) is 7.41. The second-order valence-electron chi connectivity index (χ2n) is 3.94. The minimum absolute atomic E-state index is 0.286. The summed E-state index contributed by atoms with van der Waals surface area (Å²) in [6, 6.07) is 5.59. The normalized spacial score (nSPS) is 12.6. The molecule has 88 valence electrons. The summed E-state index contributed by atoms with van der Waals surface area (Å²) in [5.74, 6) is -0.0424. The zero-order valence-corrected chi connectivity index (χ0v) is 11.1. The third-order valence-electron chi connectivity index (χ3n) is 2.25. The lowest BCUT2D eigenvalue weighted by Gasteiger charge is -2.16. The predicted molar refractivity (Wildman–Crippen MR) is 66.0 cm³/mol. The summed E-state index contributed by atoms with van der Waals surface area (Å²) in [6.45, 7) is 5.61. The minimum atomic E-state index is -0.961. The summed E-state index contributed by atoms with van der Waals surface area (Å²) >= 11 is 3.39. The standard InChI is InChI=1S/C12H15BrO3/c1-7(2)10-6-9(13)4-5-11(10)16-8(3)12(14)15/h4-8H,1-3H3,(H,14,15)/t8-/m0/s1. The molecule has 1 aromatic rings. The fourth-order valence-electron chi connectivity index (χ4n) is 1.32. The number of carboxylic acids is 1. The molecule has 0 radical (unpaired) electrons. The van der Waals surface area contributed by atoms with Crippen LogP contribution in [-0.2, 0) is 4.79 Å². The van der Waals surface area contributed by atoms with Crippen LogP contribution < -0.4 is 4.74 Å². The van der Waals surface area contributed by atoms with E-state index in [1.165, 1.54) is 6.92 Å². The Labute approximate surface area is 104 Å². The van der Waals surface area contributed by atoms with Crippen molar-refractivity contribution in [2.24, 2.45) is 0 Å². The van der Waals surface area contributed by atoms with Crippen LogP contribution in [0.4, 0.5) is 0 Å². The topological polar surface area (TPSA) is 46.5 Å². The number of halogens is 1. The molecule has 0 spiro atoms. The van der Waals surface area contributed by atoms with Crippen LogP contribution >= 0.6 is 15.9 Å². The molecule has 0 aliphatic rings. The van der Waals surface area contributed by atoms with Gasteiger partial charge < -0.3 is 9.84 Å². The van der Waals surface area contributed by atoms with Crippen LogP contribution in [0.15, 0.2) is 22.7 Å². The molecule has 1 atom stereocenters. The molecular weight excluding hydrogens is 272 g/mol. The Morgan fingerprint density at radius 2 is 2.00 bits per heavy atom. The molecule has 0 heterocycles. The summed E-state index contributed by atoms with van der Waals surface area (Å²) in [6.07, 6.45) is -0.835. The van der Waals surface area contributed by atoms with Crippen LogP contribution in [-0.4, -0.2) is 17.2 Å². The van der Waals surface area contributed by atoms with Gasteiger partial charge in [-0.15, -0.1) is 0 Å². The van der Waals surface area contributed by atoms with Crippen molar-refractivity contribution in [2.45, 2.75) is 32.8 Å². The van der Waals surface area contributed by atoms with E-state index in [1.54, 1.807) is 6.07 Å². The molecule has 0 saturated carbocycles. The number of aliphatic carboxylic acids is 1. The monoisotopic (exact) mass is 286 g/mol. The molecule has 1 aromatic carbocycles.